The Morgan fingerprint density at radius 1 is 1.05 bits per heavy atom. The number of hydrogen-bond acceptors (Lipinski definition) is 6. The van der Waals surface area contributed by atoms with E-state index in [0.717, 1.165) is 5.69 Å². The summed E-state index contributed by atoms with van der Waals surface area (Å²) in [7, 11) is 0. The SMILES string of the molecule is CCOc1ccc(Nc2nc(Cl)nnc2Cl)cc1OCC. The second-order valence-corrected chi connectivity index (χ2v) is 4.57. The van der Waals surface area contributed by atoms with Gasteiger partial charge in [-0.3, -0.25) is 0 Å². The van der Waals surface area contributed by atoms with E-state index in [4.69, 9.17) is 32.7 Å². The van der Waals surface area contributed by atoms with Crippen molar-refractivity contribution in [1.29, 1.82) is 0 Å². The van der Waals surface area contributed by atoms with Gasteiger partial charge in [0.2, 0.25) is 5.28 Å². The van der Waals surface area contributed by atoms with Gasteiger partial charge in [-0.15, -0.1) is 10.2 Å². The molecule has 0 saturated heterocycles. The van der Waals surface area contributed by atoms with E-state index in [1.165, 1.54) is 0 Å². The van der Waals surface area contributed by atoms with E-state index in [1.54, 1.807) is 12.1 Å². The summed E-state index contributed by atoms with van der Waals surface area (Å²) in [5.74, 6) is 1.63. The van der Waals surface area contributed by atoms with Gasteiger partial charge in [0.1, 0.15) is 0 Å². The molecule has 2 rings (SSSR count). The molecule has 0 fully saturated rings. The number of ether oxygens (including phenoxy) is 2. The molecule has 0 atom stereocenters. The van der Waals surface area contributed by atoms with E-state index in [1.807, 2.05) is 19.9 Å². The lowest BCUT2D eigenvalue weighted by molar-refractivity contribution is 0.288. The highest BCUT2D eigenvalue weighted by molar-refractivity contribution is 6.32. The number of nitrogens with one attached hydrogen (secondary N) is 1. The fraction of sp³-hybridized carbons (Fsp3) is 0.308. The summed E-state index contributed by atoms with van der Waals surface area (Å²) < 4.78 is 11.0. The predicted octanol–water partition coefficient (Wildman–Crippen LogP) is 3.72. The van der Waals surface area contributed by atoms with Crippen molar-refractivity contribution in [3.8, 4) is 11.5 Å². The molecule has 0 saturated carbocycles. The zero-order chi connectivity index (χ0) is 15.2. The summed E-state index contributed by atoms with van der Waals surface area (Å²) in [6.07, 6.45) is 0. The number of aromatic nitrogens is 3. The minimum absolute atomic E-state index is 0.0119. The number of hydrogen-bond donors (Lipinski definition) is 1. The van der Waals surface area contributed by atoms with Crippen LogP contribution in [0.3, 0.4) is 0 Å². The Labute approximate surface area is 132 Å². The molecule has 21 heavy (non-hydrogen) atoms. The molecule has 1 aromatic heterocycles. The monoisotopic (exact) mass is 328 g/mol. The maximum atomic E-state index is 5.91. The van der Waals surface area contributed by atoms with E-state index < -0.39 is 0 Å². The van der Waals surface area contributed by atoms with Gasteiger partial charge in [-0.1, -0.05) is 11.6 Å². The summed E-state index contributed by atoms with van der Waals surface area (Å²) in [6, 6.07) is 5.42. The summed E-state index contributed by atoms with van der Waals surface area (Å²) in [5, 5.41) is 10.4. The van der Waals surface area contributed by atoms with E-state index in [9.17, 15) is 0 Å². The minimum Gasteiger partial charge on any atom is -0.490 e. The van der Waals surface area contributed by atoms with E-state index >= 15 is 0 Å². The maximum Gasteiger partial charge on any atom is 0.245 e. The lowest BCUT2D eigenvalue weighted by Gasteiger charge is -2.13. The molecule has 1 heterocycles. The Morgan fingerprint density at radius 3 is 2.48 bits per heavy atom. The van der Waals surface area contributed by atoms with Gasteiger partial charge in [0, 0.05) is 11.8 Å². The van der Waals surface area contributed by atoms with Gasteiger partial charge >= 0.3 is 0 Å². The van der Waals surface area contributed by atoms with Crippen molar-refractivity contribution in [1.82, 2.24) is 15.2 Å². The average molecular weight is 329 g/mol. The molecule has 2 aromatic rings. The van der Waals surface area contributed by atoms with E-state index in [2.05, 4.69) is 20.5 Å². The predicted molar refractivity (Wildman–Crippen MR) is 81.9 cm³/mol. The van der Waals surface area contributed by atoms with Crippen molar-refractivity contribution >= 4 is 34.7 Å². The molecular weight excluding hydrogens is 315 g/mol. The molecular formula is C13H14Cl2N4O2. The maximum absolute atomic E-state index is 5.91. The summed E-state index contributed by atoms with van der Waals surface area (Å²) >= 11 is 11.6. The highest BCUT2D eigenvalue weighted by atomic mass is 35.5. The molecule has 0 spiro atoms. The first-order valence-electron chi connectivity index (χ1n) is 6.36. The third kappa shape index (κ3) is 4.09. The van der Waals surface area contributed by atoms with Crippen LogP contribution in [0.25, 0.3) is 0 Å². The molecule has 0 unspecified atom stereocenters. The molecule has 0 amide bonds. The van der Waals surface area contributed by atoms with Crippen LogP contribution in [0.2, 0.25) is 10.4 Å². The third-order valence-corrected chi connectivity index (χ3v) is 2.84. The summed E-state index contributed by atoms with van der Waals surface area (Å²) in [4.78, 5) is 3.98. The van der Waals surface area contributed by atoms with Gasteiger partial charge in [0.05, 0.1) is 13.2 Å². The Balaban J connectivity index is 2.27. The van der Waals surface area contributed by atoms with Gasteiger partial charge < -0.3 is 14.8 Å². The van der Waals surface area contributed by atoms with Crippen LogP contribution in [0.15, 0.2) is 18.2 Å². The van der Waals surface area contributed by atoms with Crippen molar-refractivity contribution in [3.05, 3.63) is 28.6 Å². The molecule has 112 valence electrons. The number of halogens is 2. The number of rotatable bonds is 6. The highest BCUT2D eigenvalue weighted by Gasteiger charge is 2.10. The van der Waals surface area contributed by atoms with Crippen molar-refractivity contribution < 1.29 is 9.47 Å². The van der Waals surface area contributed by atoms with Crippen LogP contribution in [-0.2, 0) is 0 Å². The summed E-state index contributed by atoms with van der Waals surface area (Å²) in [5.41, 5.74) is 0.723. The average Bonchev–Trinajstić information content (AvgIpc) is 2.46. The number of anilines is 2. The lowest BCUT2D eigenvalue weighted by atomic mass is 10.2. The van der Waals surface area contributed by atoms with Crippen molar-refractivity contribution in [2.75, 3.05) is 18.5 Å². The van der Waals surface area contributed by atoms with Crippen LogP contribution >= 0.6 is 23.2 Å². The Morgan fingerprint density at radius 2 is 1.76 bits per heavy atom. The molecule has 0 radical (unpaired) electrons. The molecule has 0 aliphatic heterocycles. The fourth-order valence-corrected chi connectivity index (χ4v) is 1.89. The number of nitrogens with zero attached hydrogens (tertiary/aromatic N) is 3. The van der Waals surface area contributed by atoms with Crippen LogP contribution in [0, 0.1) is 0 Å². The largest absolute Gasteiger partial charge is 0.490 e. The smallest absolute Gasteiger partial charge is 0.245 e. The first kappa shape index (κ1) is 15.6. The molecule has 1 N–H and O–H groups in total. The summed E-state index contributed by atoms with van der Waals surface area (Å²) in [6.45, 7) is 4.91. The quantitative estimate of drug-likeness (QED) is 0.871. The van der Waals surface area contributed by atoms with Crippen molar-refractivity contribution in [2.24, 2.45) is 0 Å². The van der Waals surface area contributed by atoms with Crippen LogP contribution in [0.5, 0.6) is 11.5 Å². The highest BCUT2D eigenvalue weighted by Crippen LogP contribution is 2.32. The first-order chi connectivity index (χ1) is 10.1. The Bertz CT molecular complexity index is 625. The molecule has 1 aromatic carbocycles. The standard InChI is InChI=1S/C13H14Cl2N4O2/c1-3-20-9-6-5-8(7-10(9)21-4-2)16-12-11(14)18-19-13(15)17-12/h5-7H,3-4H2,1-2H3,(H,16,17,19). The number of benzene rings is 1. The first-order valence-corrected chi connectivity index (χ1v) is 7.12. The van der Waals surface area contributed by atoms with E-state index in [0.29, 0.717) is 30.5 Å². The fourth-order valence-electron chi connectivity index (χ4n) is 1.64. The lowest BCUT2D eigenvalue weighted by Crippen LogP contribution is -2.01. The second kappa shape index (κ2) is 7.28. The van der Waals surface area contributed by atoms with E-state index in [-0.39, 0.29) is 10.4 Å². The Hall–Kier alpha value is -1.79. The molecule has 0 bridgehead atoms. The molecule has 8 heteroatoms. The normalized spacial score (nSPS) is 10.3. The third-order valence-electron chi connectivity index (χ3n) is 2.43. The van der Waals surface area contributed by atoms with Gasteiger partial charge in [-0.05, 0) is 37.6 Å². The van der Waals surface area contributed by atoms with Gasteiger partial charge in [0.15, 0.2) is 22.5 Å². The van der Waals surface area contributed by atoms with Crippen molar-refractivity contribution in [3.63, 3.8) is 0 Å². The zero-order valence-electron chi connectivity index (χ0n) is 11.6. The van der Waals surface area contributed by atoms with Gasteiger partial charge in [-0.2, -0.15) is 4.98 Å². The minimum atomic E-state index is 0.0119. The molecule has 6 nitrogen and oxygen atoms in total. The molecule has 0 aliphatic rings. The van der Waals surface area contributed by atoms with Crippen LogP contribution in [0.4, 0.5) is 11.5 Å². The van der Waals surface area contributed by atoms with Gasteiger partial charge in [0.25, 0.3) is 0 Å². The zero-order valence-corrected chi connectivity index (χ0v) is 13.1. The topological polar surface area (TPSA) is 69.2 Å². The molecule has 0 aliphatic carbocycles. The Kier molecular flexibility index (Phi) is 5.41. The van der Waals surface area contributed by atoms with Gasteiger partial charge in [-0.25, -0.2) is 0 Å². The van der Waals surface area contributed by atoms with Crippen LogP contribution < -0.4 is 14.8 Å². The van der Waals surface area contributed by atoms with Crippen molar-refractivity contribution in [2.45, 2.75) is 13.8 Å². The second-order valence-electron chi connectivity index (χ2n) is 3.87. The van der Waals surface area contributed by atoms with Crippen LogP contribution in [0.1, 0.15) is 13.8 Å². The van der Waals surface area contributed by atoms with Crippen LogP contribution in [-0.4, -0.2) is 28.4 Å².